The van der Waals surface area contributed by atoms with Crippen molar-refractivity contribution in [3.05, 3.63) is 35.4 Å². The molecule has 1 rings (SSSR count). The fourth-order valence-electron chi connectivity index (χ4n) is 2.41. The molecule has 116 valence electrons. The van der Waals surface area contributed by atoms with Gasteiger partial charge in [0.25, 0.3) is 0 Å². The fourth-order valence-corrected chi connectivity index (χ4v) is 2.41. The topological polar surface area (TPSA) is 54.4 Å². The average molecular weight is 290 g/mol. The molecule has 0 saturated carbocycles. The highest BCUT2D eigenvalue weighted by Gasteiger charge is 2.26. The van der Waals surface area contributed by atoms with E-state index in [0.717, 1.165) is 24.8 Å². The average Bonchev–Trinajstić information content (AvgIpc) is 2.46. The Labute approximate surface area is 127 Å². The van der Waals surface area contributed by atoms with Crippen LogP contribution in [0.15, 0.2) is 24.3 Å². The number of carbonyl (C=O) groups is 2. The van der Waals surface area contributed by atoms with Crippen LogP contribution >= 0.6 is 0 Å². The van der Waals surface area contributed by atoms with Crippen molar-refractivity contribution in [2.24, 2.45) is 5.92 Å². The molecule has 0 bridgehead atoms. The van der Waals surface area contributed by atoms with Crippen molar-refractivity contribution in [2.45, 2.75) is 58.8 Å². The molecule has 0 aliphatic rings. The first kappa shape index (κ1) is 17.4. The van der Waals surface area contributed by atoms with Crippen LogP contribution in [-0.4, -0.2) is 16.9 Å². The van der Waals surface area contributed by atoms with Crippen LogP contribution < -0.4 is 0 Å². The number of carbonyl (C=O) groups excluding carboxylic acids is 1. The van der Waals surface area contributed by atoms with Crippen LogP contribution in [0.4, 0.5) is 0 Å². The number of benzene rings is 1. The Morgan fingerprint density at radius 1 is 1.00 bits per heavy atom. The summed E-state index contributed by atoms with van der Waals surface area (Å²) in [6.45, 7) is 4.11. The van der Waals surface area contributed by atoms with E-state index in [-0.39, 0.29) is 5.78 Å². The maximum atomic E-state index is 12.3. The predicted octanol–water partition coefficient (Wildman–Crippen LogP) is 4.63. The molecular weight excluding hydrogens is 264 g/mol. The summed E-state index contributed by atoms with van der Waals surface area (Å²) >= 11 is 0. The summed E-state index contributed by atoms with van der Waals surface area (Å²) in [4.78, 5) is 23.6. The first-order valence-corrected chi connectivity index (χ1v) is 7.90. The van der Waals surface area contributed by atoms with Gasteiger partial charge in [-0.1, -0.05) is 75.3 Å². The van der Waals surface area contributed by atoms with Gasteiger partial charge in [-0.15, -0.1) is 0 Å². The molecule has 1 atom stereocenters. The van der Waals surface area contributed by atoms with Crippen LogP contribution in [0.2, 0.25) is 0 Å². The van der Waals surface area contributed by atoms with Crippen molar-refractivity contribution < 1.29 is 14.7 Å². The Morgan fingerprint density at radius 3 is 2.14 bits per heavy atom. The molecule has 1 aromatic carbocycles. The summed E-state index contributed by atoms with van der Waals surface area (Å²) in [5, 5.41) is 9.28. The second kappa shape index (κ2) is 9.32. The van der Waals surface area contributed by atoms with Crippen molar-refractivity contribution in [3.63, 3.8) is 0 Å². The molecule has 1 N–H and O–H groups in total. The lowest BCUT2D eigenvalue weighted by atomic mass is 9.92. The number of ketones is 1. The molecule has 0 amide bonds. The Bertz CT molecular complexity index is 448. The highest BCUT2D eigenvalue weighted by atomic mass is 16.4. The molecule has 21 heavy (non-hydrogen) atoms. The van der Waals surface area contributed by atoms with E-state index >= 15 is 0 Å². The van der Waals surface area contributed by atoms with Gasteiger partial charge in [0.05, 0.1) is 0 Å². The monoisotopic (exact) mass is 290 g/mol. The second-order valence-corrected chi connectivity index (χ2v) is 5.68. The first-order valence-electron chi connectivity index (χ1n) is 7.90. The Balaban J connectivity index is 2.51. The van der Waals surface area contributed by atoms with Crippen LogP contribution in [-0.2, 0) is 4.79 Å². The zero-order valence-corrected chi connectivity index (χ0v) is 13.1. The first-order chi connectivity index (χ1) is 10.1. The zero-order valence-electron chi connectivity index (χ0n) is 13.1. The third kappa shape index (κ3) is 6.11. The van der Waals surface area contributed by atoms with E-state index in [0.29, 0.717) is 12.0 Å². The van der Waals surface area contributed by atoms with Crippen LogP contribution in [0.1, 0.15) is 67.8 Å². The number of Topliss-reactive ketones (excluding diaryl/α,β-unsaturated/α-hetero) is 1. The molecule has 0 aliphatic heterocycles. The van der Waals surface area contributed by atoms with Gasteiger partial charge in [0, 0.05) is 5.56 Å². The summed E-state index contributed by atoms with van der Waals surface area (Å²) in [5.41, 5.74) is 1.56. The molecule has 0 aliphatic carbocycles. The highest BCUT2D eigenvalue weighted by molar-refractivity contribution is 6.08. The van der Waals surface area contributed by atoms with Gasteiger partial charge in [-0.25, -0.2) is 0 Å². The van der Waals surface area contributed by atoms with Crippen LogP contribution in [0, 0.1) is 12.8 Å². The number of aliphatic carboxylic acids is 1. The molecule has 3 heteroatoms. The molecule has 1 unspecified atom stereocenters. The molecule has 0 aromatic heterocycles. The lowest BCUT2D eigenvalue weighted by Gasteiger charge is -2.11. The minimum absolute atomic E-state index is 0.268. The number of hydrogen-bond acceptors (Lipinski definition) is 2. The molecular formula is C18H26O3. The number of carboxylic acids is 1. The van der Waals surface area contributed by atoms with E-state index in [1.807, 2.05) is 19.1 Å². The van der Waals surface area contributed by atoms with Gasteiger partial charge in [0.2, 0.25) is 0 Å². The molecule has 0 fully saturated rings. The molecule has 0 radical (unpaired) electrons. The summed E-state index contributed by atoms with van der Waals surface area (Å²) < 4.78 is 0. The number of carboxylic acid groups (broad SMARTS) is 1. The number of unbranched alkanes of at least 4 members (excludes halogenated alkanes) is 5. The van der Waals surface area contributed by atoms with Crippen molar-refractivity contribution >= 4 is 11.8 Å². The van der Waals surface area contributed by atoms with Crippen molar-refractivity contribution in [3.8, 4) is 0 Å². The highest BCUT2D eigenvalue weighted by Crippen LogP contribution is 2.18. The van der Waals surface area contributed by atoms with Crippen molar-refractivity contribution in [1.29, 1.82) is 0 Å². The van der Waals surface area contributed by atoms with E-state index in [9.17, 15) is 14.7 Å². The van der Waals surface area contributed by atoms with Gasteiger partial charge in [0.15, 0.2) is 5.78 Å². The molecule has 0 heterocycles. The number of rotatable bonds is 10. The predicted molar refractivity (Wildman–Crippen MR) is 84.6 cm³/mol. The van der Waals surface area contributed by atoms with Crippen molar-refractivity contribution in [1.82, 2.24) is 0 Å². The normalized spacial score (nSPS) is 12.1. The minimum Gasteiger partial charge on any atom is -0.481 e. The lowest BCUT2D eigenvalue weighted by molar-refractivity contribution is -0.140. The van der Waals surface area contributed by atoms with Crippen LogP contribution in [0.3, 0.4) is 0 Å². The van der Waals surface area contributed by atoms with E-state index in [4.69, 9.17) is 0 Å². The molecule has 0 spiro atoms. The van der Waals surface area contributed by atoms with Crippen LogP contribution in [0.5, 0.6) is 0 Å². The van der Waals surface area contributed by atoms with Gasteiger partial charge in [0.1, 0.15) is 5.92 Å². The Morgan fingerprint density at radius 2 is 1.57 bits per heavy atom. The fraction of sp³-hybridized carbons (Fsp3) is 0.556. The largest absolute Gasteiger partial charge is 0.481 e. The van der Waals surface area contributed by atoms with E-state index < -0.39 is 11.9 Å². The molecule has 1 aromatic rings. The number of hydrogen-bond donors (Lipinski definition) is 1. The third-order valence-electron chi connectivity index (χ3n) is 3.80. The maximum absolute atomic E-state index is 12.3. The number of aryl methyl sites for hydroxylation is 1. The van der Waals surface area contributed by atoms with E-state index in [1.165, 1.54) is 19.3 Å². The molecule has 0 saturated heterocycles. The van der Waals surface area contributed by atoms with E-state index in [2.05, 4.69) is 6.92 Å². The SMILES string of the molecule is CCCCCCCCC(C(=O)O)C(=O)c1ccc(C)cc1. The zero-order chi connectivity index (χ0) is 15.7. The Kier molecular flexibility index (Phi) is 7.73. The Hall–Kier alpha value is -1.64. The van der Waals surface area contributed by atoms with Gasteiger partial charge in [-0.3, -0.25) is 9.59 Å². The van der Waals surface area contributed by atoms with Gasteiger partial charge in [-0.2, -0.15) is 0 Å². The van der Waals surface area contributed by atoms with Gasteiger partial charge >= 0.3 is 5.97 Å². The van der Waals surface area contributed by atoms with E-state index in [1.54, 1.807) is 12.1 Å². The second-order valence-electron chi connectivity index (χ2n) is 5.68. The summed E-state index contributed by atoms with van der Waals surface area (Å²) in [7, 11) is 0. The van der Waals surface area contributed by atoms with Crippen molar-refractivity contribution in [2.75, 3.05) is 0 Å². The minimum atomic E-state index is -1.01. The lowest BCUT2D eigenvalue weighted by Crippen LogP contribution is -2.24. The molecule has 3 nitrogen and oxygen atoms in total. The van der Waals surface area contributed by atoms with Crippen LogP contribution in [0.25, 0.3) is 0 Å². The smallest absolute Gasteiger partial charge is 0.314 e. The quantitative estimate of drug-likeness (QED) is 0.388. The standard InChI is InChI=1S/C18H26O3/c1-3-4-5-6-7-8-9-16(18(20)21)17(19)15-12-10-14(2)11-13-15/h10-13,16H,3-9H2,1-2H3,(H,20,21). The summed E-state index contributed by atoms with van der Waals surface area (Å²) in [5.74, 6) is -2.18. The van der Waals surface area contributed by atoms with Gasteiger partial charge in [-0.05, 0) is 13.3 Å². The maximum Gasteiger partial charge on any atom is 0.314 e. The summed E-state index contributed by atoms with van der Waals surface area (Å²) in [6, 6.07) is 7.12. The van der Waals surface area contributed by atoms with Gasteiger partial charge < -0.3 is 5.11 Å². The third-order valence-corrected chi connectivity index (χ3v) is 3.80. The summed E-state index contributed by atoms with van der Waals surface area (Å²) in [6.07, 6.45) is 6.99.